The van der Waals surface area contributed by atoms with Crippen molar-refractivity contribution >= 4 is 10.0 Å². The summed E-state index contributed by atoms with van der Waals surface area (Å²) in [5, 5.41) is 9.75. The highest BCUT2D eigenvalue weighted by Crippen LogP contribution is 2.21. The lowest BCUT2D eigenvalue weighted by molar-refractivity contribution is 0.00639. The summed E-state index contributed by atoms with van der Waals surface area (Å²) in [7, 11) is -3.28. The van der Waals surface area contributed by atoms with Gasteiger partial charge in [-0.2, -0.15) is 0 Å². The van der Waals surface area contributed by atoms with E-state index in [0.717, 1.165) is 0 Å². The first-order valence-corrected chi connectivity index (χ1v) is 6.41. The highest BCUT2D eigenvalue weighted by atomic mass is 32.2. The molecule has 0 aromatic rings. The zero-order chi connectivity index (χ0) is 11.6. The quantitative estimate of drug-likeness (QED) is 0.726. The van der Waals surface area contributed by atoms with Crippen LogP contribution in [0, 0.1) is 0 Å². The van der Waals surface area contributed by atoms with Crippen LogP contribution >= 0.6 is 0 Å². The van der Waals surface area contributed by atoms with Crippen LogP contribution in [0.5, 0.6) is 0 Å². The number of hydrogen-bond donors (Lipinski definition) is 2. The lowest BCUT2D eigenvalue weighted by Gasteiger charge is -2.37. The van der Waals surface area contributed by atoms with Crippen LogP contribution in [-0.2, 0) is 10.0 Å². The lowest BCUT2D eigenvalue weighted by atomic mass is 9.87. The molecule has 0 unspecified atom stereocenters. The largest absolute Gasteiger partial charge is 0.389 e. The molecule has 0 atom stereocenters. The molecule has 4 nitrogen and oxygen atoms in total. The fourth-order valence-electron chi connectivity index (χ4n) is 0.833. The Morgan fingerprint density at radius 1 is 1.21 bits per heavy atom. The Kier molecular flexibility index (Phi) is 4.12. The van der Waals surface area contributed by atoms with Crippen LogP contribution < -0.4 is 4.72 Å². The summed E-state index contributed by atoms with van der Waals surface area (Å²) in [6.45, 7) is 8.31. The molecule has 0 saturated carbocycles. The monoisotopic (exact) mass is 223 g/mol. The summed E-state index contributed by atoms with van der Waals surface area (Å²) in [4.78, 5) is 0. The van der Waals surface area contributed by atoms with Gasteiger partial charge < -0.3 is 5.11 Å². The molecule has 0 aromatic carbocycles. The molecule has 0 spiro atoms. The minimum Gasteiger partial charge on any atom is -0.389 e. The molecular formula is C9H21NO3S. The van der Waals surface area contributed by atoms with Gasteiger partial charge in [0.2, 0.25) is 10.0 Å². The van der Waals surface area contributed by atoms with E-state index < -0.39 is 21.2 Å². The predicted octanol–water partition coefficient (Wildman–Crippen LogP) is 0.865. The molecule has 0 bridgehead atoms. The first-order chi connectivity index (χ1) is 6.02. The Morgan fingerprint density at radius 2 is 1.64 bits per heavy atom. The third-order valence-corrected chi connectivity index (χ3v) is 4.18. The topological polar surface area (TPSA) is 66.4 Å². The normalized spacial score (nSPS) is 14.4. The van der Waals surface area contributed by atoms with Crippen molar-refractivity contribution < 1.29 is 13.5 Å². The minimum atomic E-state index is -3.28. The molecule has 14 heavy (non-hydrogen) atoms. The maximum Gasteiger partial charge on any atom is 0.212 e. The number of hydrogen-bond acceptors (Lipinski definition) is 3. The van der Waals surface area contributed by atoms with E-state index in [1.165, 1.54) is 0 Å². The fourth-order valence-corrected chi connectivity index (χ4v) is 2.50. The van der Waals surface area contributed by atoms with Crippen molar-refractivity contribution in [3.8, 4) is 0 Å². The molecule has 0 aromatic heterocycles. The lowest BCUT2D eigenvalue weighted by Crippen LogP contribution is -2.57. The van der Waals surface area contributed by atoms with Gasteiger partial charge in [0.1, 0.15) is 0 Å². The fraction of sp³-hybridized carbons (Fsp3) is 1.00. The highest BCUT2D eigenvalue weighted by molar-refractivity contribution is 7.89. The third kappa shape index (κ3) is 3.94. The smallest absolute Gasteiger partial charge is 0.212 e. The van der Waals surface area contributed by atoms with E-state index in [0.29, 0.717) is 6.42 Å². The van der Waals surface area contributed by atoms with E-state index in [4.69, 9.17) is 0 Å². The minimum absolute atomic E-state index is 0.0898. The van der Waals surface area contributed by atoms with Crippen LogP contribution in [0.4, 0.5) is 0 Å². The van der Waals surface area contributed by atoms with Crippen molar-refractivity contribution in [3.63, 3.8) is 0 Å². The highest BCUT2D eigenvalue weighted by Gasteiger charge is 2.37. The van der Waals surface area contributed by atoms with Gasteiger partial charge in [-0.05, 0) is 34.1 Å². The van der Waals surface area contributed by atoms with Crippen LogP contribution in [0.1, 0.15) is 41.0 Å². The van der Waals surface area contributed by atoms with Crippen molar-refractivity contribution in [2.75, 3.05) is 5.75 Å². The molecule has 0 amide bonds. The van der Waals surface area contributed by atoms with E-state index in [1.807, 2.05) is 0 Å². The summed E-state index contributed by atoms with van der Waals surface area (Å²) < 4.78 is 25.4. The molecule has 0 aliphatic carbocycles. The number of rotatable bonds is 5. The first-order valence-electron chi connectivity index (χ1n) is 4.76. The summed E-state index contributed by atoms with van der Waals surface area (Å²) in [5.41, 5.74) is -1.95. The SMILES string of the molecule is CCCS(=O)(=O)NC(C)(C)C(C)(C)O. The Bertz CT molecular complexity index is 275. The van der Waals surface area contributed by atoms with E-state index in [2.05, 4.69) is 4.72 Å². The molecule has 2 N–H and O–H groups in total. The zero-order valence-corrected chi connectivity index (χ0v) is 10.4. The van der Waals surface area contributed by atoms with Gasteiger partial charge in [0, 0.05) is 0 Å². The average Bonchev–Trinajstić information content (AvgIpc) is 1.80. The molecule has 0 rings (SSSR count). The van der Waals surface area contributed by atoms with Crippen molar-refractivity contribution in [2.45, 2.75) is 52.2 Å². The molecule has 0 aliphatic rings. The van der Waals surface area contributed by atoms with Crippen molar-refractivity contribution in [2.24, 2.45) is 0 Å². The Hall–Kier alpha value is -0.130. The van der Waals surface area contributed by atoms with Crippen LogP contribution in [0.15, 0.2) is 0 Å². The second-order valence-electron chi connectivity index (χ2n) is 4.60. The zero-order valence-electron chi connectivity index (χ0n) is 9.59. The average molecular weight is 223 g/mol. The van der Waals surface area contributed by atoms with E-state index in [1.54, 1.807) is 34.6 Å². The van der Waals surface area contributed by atoms with Gasteiger partial charge in [-0.1, -0.05) is 6.92 Å². The van der Waals surface area contributed by atoms with Gasteiger partial charge in [0.05, 0.1) is 16.9 Å². The summed E-state index contributed by atoms with van der Waals surface area (Å²) in [6.07, 6.45) is 0.567. The molecule has 0 heterocycles. The Balaban J connectivity index is 4.68. The molecule has 0 saturated heterocycles. The van der Waals surface area contributed by atoms with Crippen molar-refractivity contribution in [1.82, 2.24) is 4.72 Å². The van der Waals surface area contributed by atoms with E-state index in [9.17, 15) is 13.5 Å². The molecule has 0 radical (unpaired) electrons. The van der Waals surface area contributed by atoms with E-state index >= 15 is 0 Å². The second kappa shape index (κ2) is 4.16. The van der Waals surface area contributed by atoms with Crippen molar-refractivity contribution in [1.29, 1.82) is 0 Å². The van der Waals surface area contributed by atoms with Gasteiger partial charge in [-0.3, -0.25) is 0 Å². The number of aliphatic hydroxyl groups is 1. The Labute approximate surface area is 86.8 Å². The van der Waals surface area contributed by atoms with Crippen LogP contribution in [-0.4, -0.2) is 30.4 Å². The predicted molar refractivity (Wildman–Crippen MR) is 57.6 cm³/mol. The van der Waals surface area contributed by atoms with Crippen LogP contribution in [0.25, 0.3) is 0 Å². The Morgan fingerprint density at radius 3 is 1.93 bits per heavy atom. The van der Waals surface area contributed by atoms with Crippen LogP contribution in [0.2, 0.25) is 0 Å². The van der Waals surface area contributed by atoms with Gasteiger partial charge in [0.25, 0.3) is 0 Å². The maximum absolute atomic E-state index is 11.5. The van der Waals surface area contributed by atoms with Gasteiger partial charge in [-0.15, -0.1) is 0 Å². The summed E-state index contributed by atoms with van der Waals surface area (Å²) in [6, 6.07) is 0. The third-order valence-electron chi connectivity index (χ3n) is 2.41. The summed E-state index contributed by atoms with van der Waals surface area (Å²) in [5.74, 6) is 0.0898. The van der Waals surface area contributed by atoms with Gasteiger partial charge in [0.15, 0.2) is 0 Å². The first kappa shape index (κ1) is 13.9. The van der Waals surface area contributed by atoms with Crippen LogP contribution in [0.3, 0.4) is 0 Å². The molecule has 0 fully saturated rings. The molecule has 86 valence electrons. The molecule has 5 heteroatoms. The second-order valence-corrected chi connectivity index (χ2v) is 6.45. The van der Waals surface area contributed by atoms with Crippen molar-refractivity contribution in [3.05, 3.63) is 0 Å². The number of nitrogens with one attached hydrogen (secondary N) is 1. The van der Waals surface area contributed by atoms with E-state index in [-0.39, 0.29) is 5.75 Å². The maximum atomic E-state index is 11.5. The molecule has 0 aliphatic heterocycles. The van der Waals surface area contributed by atoms with Gasteiger partial charge in [-0.25, -0.2) is 13.1 Å². The molecular weight excluding hydrogens is 202 g/mol. The van der Waals surface area contributed by atoms with Gasteiger partial charge >= 0.3 is 0 Å². The number of sulfonamides is 1. The standard InChI is InChI=1S/C9H21NO3S/c1-6-7-14(12,13)10-8(2,3)9(4,5)11/h10-11H,6-7H2,1-5H3. The summed E-state index contributed by atoms with van der Waals surface area (Å²) >= 11 is 0.